The number of phenolic OH excluding ortho intramolecular Hbond substituents is 1. The Hall–Kier alpha value is -2.04. The molecule has 0 saturated heterocycles. The van der Waals surface area contributed by atoms with Crippen LogP contribution in [0.3, 0.4) is 0 Å². The van der Waals surface area contributed by atoms with Crippen molar-refractivity contribution in [3.05, 3.63) is 29.3 Å². The molecule has 0 heterocycles. The maximum atomic E-state index is 12.7. The average Bonchev–Trinajstić information content (AvgIpc) is 2.55. The Labute approximate surface area is 154 Å². The fraction of sp³-hybridized carbons (Fsp3) is 0.619. The molecule has 5 heteroatoms. The quantitative estimate of drug-likeness (QED) is 0.811. The van der Waals surface area contributed by atoms with Crippen LogP contribution in [0.4, 0.5) is 0 Å². The van der Waals surface area contributed by atoms with E-state index in [0.717, 1.165) is 37.0 Å². The molecule has 1 atom stereocenters. The second-order valence-corrected chi connectivity index (χ2v) is 8.71. The number of para-hydroxylation sites is 1. The molecule has 4 saturated carbocycles. The van der Waals surface area contributed by atoms with Crippen LogP contribution in [0.5, 0.6) is 5.75 Å². The van der Waals surface area contributed by atoms with E-state index in [9.17, 15) is 14.7 Å². The third-order valence-electron chi connectivity index (χ3n) is 6.54. The van der Waals surface area contributed by atoms with E-state index < -0.39 is 12.1 Å². The van der Waals surface area contributed by atoms with Gasteiger partial charge in [0.1, 0.15) is 11.3 Å². The van der Waals surface area contributed by atoms with Crippen LogP contribution in [0.25, 0.3) is 0 Å². The number of hydrogen-bond donors (Lipinski definition) is 2. The highest BCUT2D eigenvalue weighted by atomic mass is 16.5. The topological polar surface area (TPSA) is 75.6 Å². The molecule has 0 radical (unpaired) electrons. The number of rotatable bonds is 4. The Kier molecular flexibility index (Phi) is 4.20. The molecule has 0 aromatic heterocycles. The van der Waals surface area contributed by atoms with Crippen molar-refractivity contribution >= 4 is 11.9 Å². The molecule has 1 aromatic carbocycles. The Morgan fingerprint density at radius 2 is 1.73 bits per heavy atom. The van der Waals surface area contributed by atoms with Crippen LogP contribution in [0.15, 0.2) is 18.2 Å². The van der Waals surface area contributed by atoms with Gasteiger partial charge in [0.05, 0.1) is 0 Å². The fourth-order valence-corrected chi connectivity index (χ4v) is 5.73. The summed E-state index contributed by atoms with van der Waals surface area (Å²) in [6.07, 6.45) is 6.23. The third-order valence-corrected chi connectivity index (χ3v) is 6.54. The van der Waals surface area contributed by atoms with Crippen molar-refractivity contribution in [1.82, 2.24) is 5.32 Å². The van der Waals surface area contributed by atoms with Gasteiger partial charge in [0.25, 0.3) is 5.91 Å². The van der Waals surface area contributed by atoms with E-state index in [-0.39, 0.29) is 22.8 Å². The standard InChI is InChI=1S/C21H27NO4/c1-12-4-3-5-17(18(12)23)20(25)26-13(2)19(24)22-21-9-14-6-15(10-21)8-16(7-14)11-21/h3-5,13-16,23H,6-11H2,1-2H3,(H,22,24)/t13-,14?,15?,16?,21?/m1/s1. The molecule has 4 aliphatic carbocycles. The first-order chi connectivity index (χ1) is 12.3. The van der Waals surface area contributed by atoms with Crippen LogP contribution < -0.4 is 5.32 Å². The zero-order valence-corrected chi connectivity index (χ0v) is 15.5. The summed E-state index contributed by atoms with van der Waals surface area (Å²) in [5.74, 6) is 1.23. The van der Waals surface area contributed by atoms with E-state index in [1.807, 2.05) is 0 Å². The van der Waals surface area contributed by atoms with E-state index in [4.69, 9.17) is 4.74 Å². The first-order valence-electron chi connectivity index (χ1n) is 9.67. The van der Waals surface area contributed by atoms with Crippen LogP contribution in [-0.2, 0) is 9.53 Å². The molecule has 0 spiro atoms. The van der Waals surface area contributed by atoms with Crippen LogP contribution in [0.1, 0.15) is 61.4 Å². The maximum Gasteiger partial charge on any atom is 0.342 e. The lowest BCUT2D eigenvalue weighted by Gasteiger charge is -2.57. The summed E-state index contributed by atoms with van der Waals surface area (Å²) in [4.78, 5) is 25.0. The molecule has 5 nitrogen and oxygen atoms in total. The van der Waals surface area contributed by atoms with E-state index in [1.165, 1.54) is 25.3 Å². The summed E-state index contributed by atoms with van der Waals surface area (Å²) in [6.45, 7) is 3.32. The van der Waals surface area contributed by atoms with Gasteiger partial charge in [0.2, 0.25) is 0 Å². The van der Waals surface area contributed by atoms with Crippen LogP contribution >= 0.6 is 0 Å². The largest absolute Gasteiger partial charge is 0.507 e. The SMILES string of the molecule is Cc1cccc(C(=O)O[C@H](C)C(=O)NC23CC4CC(CC(C4)C2)C3)c1O. The summed E-state index contributed by atoms with van der Waals surface area (Å²) in [5, 5.41) is 13.3. The van der Waals surface area contributed by atoms with Crippen LogP contribution in [0, 0.1) is 24.7 Å². The number of carbonyl (C=O) groups excluding carboxylic acids is 2. The normalized spacial score (nSPS) is 32.9. The lowest BCUT2D eigenvalue weighted by atomic mass is 9.53. The minimum Gasteiger partial charge on any atom is -0.507 e. The molecule has 4 fully saturated rings. The molecule has 5 rings (SSSR count). The lowest BCUT2D eigenvalue weighted by Crippen LogP contribution is -2.61. The smallest absolute Gasteiger partial charge is 0.342 e. The molecule has 2 N–H and O–H groups in total. The molecule has 4 aliphatic rings. The Morgan fingerprint density at radius 3 is 2.31 bits per heavy atom. The van der Waals surface area contributed by atoms with Crippen LogP contribution in [0.2, 0.25) is 0 Å². The van der Waals surface area contributed by atoms with Crippen molar-refractivity contribution in [2.75, 3.05) is 0 Å². The van der Waals surface area contributed by atoms with Gasteiger partial charge in [-0.3, -0.25) is 4.79 Å². The summed E-state index contributed by atoms with van der Waals surface area (Å²) >= 11 is 0. The molecular weight excluding hydrogens is 330 g/mol. The average molecular weight is 357 g/mol. The molecule has 26 heavy (non-hydrogen) atoms. The number of benzene rings is 1. The molecule has 1 amide bonds. The number of nitrogens with one attached hydrogen (secondary N) is 1. The van der Waals surface area contributed by atoms with Gasteiger partial charge in [0.15, 0.2) is 6.10 Å². The zero-order chi connectivity index (χ0) is 18.5. The minimum absolute atomic E-state index is 0.0915. The highest BCUT2D eigenvalue weighted by Gasteiger charge is 2.51. The number of aryl methyl sites for hydroxylation is 1. The second kappa shape index (κ2) is 6.29. The number of carbonyl (C=O) groups is 2. The molecule has 1 aromatic rings. The van der Waals surface area contributed by atoms with Crippen LogP contribution in [-0.4, -0.2) is 28.6 Å². The first-order valence-corrected chi connectivity index (χ1v) is 9.67. The lowest BCUT2D eigenvalue weighted by molar-refractivity contribution is -0.134. The fourth-order valence-electron chi connectivity index (χ4n) is 5.73. The predicted octanol–water partition coefficient (Wildman–Crippen LogP) is 3.33. The Morgan fingerprint density at radius 1 is 1.15 bits per heavy atom. The monoisotopic (exact) mass is 357 g/mol. The van der Waals surface area contributed by atoms with Gasteiger partial charge in [-0.25, -0.2) is 4.79 Å². The van der Waals surface area contributed by atoms with Gasteiger partial charge in [0, 0.05) is 5.54 Å². The predicted molar refractivity (Wildman–Crippen MR) is 96.8 cm³/mol. The summed E-state index contributed by atoms with van der Waals surface area (Å²) < 4.78 is 5.34. The number of aromatic hydroxyl groups is 1. The van der Waals surface area contributed by atoms with Crippen molar-refractivity contribution in [1.29, 1.82) is 0 Å². The number of esters is 1. The maximum absolute atomic E-state index is 12.7. The van der Waals surface area contributed by atoms with E-state index in [0.29, 0.717) is 5.56 Å². The van der Waals surface area contributed by atoms with Gasteiger partial charge >= 0.3 is 5.97 Å². The Bertz CT molecular complexity index is 706. The third kappa shape index (κ3) is 3.08. The van der Waals surface area contributed by atoms with Gasteiger partial charge in [-0.05, 0) is 81.8 Å². The number of amides is 1. The van der Waals surface area contributed by atoms with Gasteiger partial charge in [-0.1, -0.05) is 12.1 Å². The van der Waals surface area contributed by atoms with Gasteiger partial charge < -0.3 is 15.2 Å². The summed E-state index contributed by atoms with van der Waals surface area (Å²) in [6, 6.07) is 4.91. The second-order valence-electron chi connectivity index (χ2n) is 8.71. The summed E-state index contributed by atoms with van der Waals surface area (Å²) in [7, 11) is 0. The van der Waals surface area contributed by atoms with E-state index in [2.05, 4.69) is 5.32 Å². The molecule has 4 bridgehead atoms. The number of ether oxygens (including phenoxy) is 1. The molecule has 140 valence electrons. The Balaban J connectivity index is 1.41. The summed E-state index contributed by atoms with van der Waals surface area (Å²) in [5.41, 5.74) is 0.599. The molecular formula is C21H27NO4. The minimum atomic E-state index is -0.879. The zero-order valence-electron chi connectivity index (χ0n) is 15.5. The van der Waals surface area contributed by atoms with Crippen molar-refractivity contribution in [2.24, 2.45) is 17.8 Å². The highest BCUT2D eigenvalue weighted by Crippen LogP contribution is 2.55. The van der Waals surface area contributed by atoms with Crippen molar-refractivity contribution < 1.29 is 19.4 Å². The first kappa shape index (κ1) is 17.4. The van der Waals surface area contributed by atoms with E-state index >= 15 is 0 Å². The van der Waals surface area contributed by atoms with E-state index in [1.54, 1.807) is 26.0 Å². The number of phenols is 1. The number of hydrogen-bond acceptors (Lipinski definition) is 4. The molecule has 0 aliphatic heterocycles. The van der Waals surface area contributed by atoms with Gasteiger partial charge in [-0.2, -0.15) is 0 Å². The van der Waals surface area contributed by atoms with Crippen molar-refractivity contribution in [3.63, 3.8) is 0 Å². The van der Waals surface area contributed by atoms with Gasteiger partial charge in [-0.15, -0.1) is 0 Å². The van der Waals surface area contributed by atoms with Crippen molar-refractivity contribution in [3.8, 4) is 5.75 Å². The highest BCUT2D eigenvalue weighted by molar-refractivity contribution is 5.95. The molecule has 0 unspecified atom stereocenters. The van der Waals surface area contributed by atoms with Crippen molar-refractivity contribution in [2.45, 2.75) is 64.0 Å².